The molecule has 0 fully saturated rings. The molecule has 0 bridgehead atoms. The predicted octanol–water partition coefficient (Wildman–Crippen LogP) is 3.44. The Labute approximate surface area is 183 Å². The fraction of sp³-hybridized carbons (Fsp3) is 0.750. The Hall–Kier alpha value is -2.01. The van der Waals surface area contributed by atoms with E-state index in [1.807, 2.05) is 0 Å². The van der Waals surface area contributed by atoms with E-state index in [9.17, 15) is 53.1 Å². The van der Waals surface area contributed by atoms with Crippen molar-refractivity contribution in [3.63, 3.8) is 0 Å². The first-order chi connectivity index (χ1) is 14.5. The van der Waals surface area contributed by atoms with Crippen molar-refractivity contribution in [3.8, 4) is 0 Å². The van der Waals surface area contributed by atoms with Crippen LogP contribution >= 0.6 is 0 Å². The van der Waals surface area contributed by atoms with Crippen molar-refractivity contribution < 1.29 is 67.2 Å². The number of amides is 1. The summed E-state index contributed by atoms with van der Waals surface area (Å²) < 4.78 is 146. The van der Waals surface area contributed by atoms with Crippen LogP contribution in [0.2, 0.25) is 0 Å². The van der Waals surface area contributed by atoms with Crippen molar-refractivity contribution in [2.75, 3.05) is 6.61 Å². The second-order valence-corrected chi connectivity index (χ2v) is 8.57. The van der Waals surface area contributed by atoms with Crippen LogP contribution in [0.5, 0.6) is 0 Å². The van der Waals surface area contributed by atoms with Crippen LogP contribution in [-0.4, -0.2) is 71.6 Å². The smallest absolute Gasteiger partial charge is 0.410 e. The van der Waals surface area contributed by atoms with Gasteiger partial charge in [-0.2, -0.15) is 43.5 Å². The van der Waals surface area contributed by atoms with E-state index in [1.54, 1.807) is 0 Å². The van der Waals surface area contributed by atoms with Crippen LogP contribution < -0.4 is 0 Å². The minimum absolute atomic E-state index is 0.423. The molecule has 194 valence electrons. The Morgan fingerprint density at radius 3 is 1.73 bits per heavy atom. The van der Waals surface area contributed by atoms with E-state index < -0.39 is 76.1 Å². The molecule has 8 nitrogen and oxygen atoms in total. The summed E-state index contributed by atoms with van der Waals surface area (Å²) in [7, 11) is -6.72. The normalized spacial score (nSPS) is 15.4. The number of nitrogens with zero attached hydrogens (tertiary/aromatic N) is 1. The third-order valence-electron chi connectivity index (χ3n) is 3.93. The van der Waals surface area contributed by atoms with E-state index in [0.717, 1.165) is 0 Å². The van der Waals surface area contributed by atoms with E-state index in [0.29, 0.717) is 4.90 Å². The highest BCUT2D eigenvalue weighted by atomic mass is 32.2. The van der Waals surface area contributed by atoms with E-state index in [4.69, 9.17) is 4.55 Å². The highest BCUT2D eigenvalue weighted by Crippen LogP contribution is 2.43. The van der Waals surface area contributed by atoms with E-state index in [-0.39, 0.29) is 0 Å². The number of carbonyl (C=O) groups excluding carboxylic acids is 2. The van der Waals surface area contributed by atoms with Crippen LogP contribution in [0.15, 0.2) is 12.4 Å². The molecule has 0 spiro atoms. The molecule has 0 saturated carbocycles. The van der Waals surface area contributed by atoms with Gasteiger partial charge in [-0.15, -0.1) is 0 Å². The standard InChI is InChI=1S/C16H21F8NO7S/c1-8(2)25(9(3)4)12(27)14(15(20,21)22,32-11(26)10(5)17)31-7-6-13(18,19)16(23,24)33(28,29)30/h8-9H,5-7H2,1-4H3,(H,28,29,30). The molecule has 33 heavy (non-hydrogen) atoms. The van der Waals surface area contributed by atoms with Crippen molar-refractivity contribution in [2.45, 2.75) is 69.3 Å². The van der Waals surface area contributed by atoms with Crippen LogP contribution in [0.25, 0.3) is 0 Å². The molecule has 1 unspecified atom stereocenters. The maximum atomic E-state index is 13.9. The van der Waals surface area contributed by atoms with Crippen LogP contribution in [-0.2, 0) is 29.2 Å². The molecule has 0 aliphatic carbocycles. The van der Waals surface area contributed by atoms with Gasteiger partial charge in [-0.05, 0) is 27.7 Å². The van der Waals surface area contributed by atoms with Crippen molar-refractivity contribution in [2.24, 2.45) is 0 Å². The zero-order chi connectivity index (χ0) is 26.8. The van der Waals surface area contributed by atoms with Crippen molar-refractivity contribution in [3.05, 3.63) is 12.4 Å². The summed E-state index contributed by atoms with van der Waals surface area (Å²) in [4.78, 5) is 24.7. The summed E-state index contributed by atoms with van der Waals surface area (Å²) in [5, 5.41) is -6.15. The third kappa shape index (κ3) is 6.53. The first kappa shape index (κ1) is 31.0. The minimum Gasteiger partial charge on any atom is -0.410 e. The summed E-state index contributed by atoms with van der Waals surface area (Å²) >= 11 is 0. The third-order valence-corrected chi connectivity index (χ3v) is 4.88. The lowest BCUT2D eigenvalue weighted by Gasteiger charge is -2.40. The highest BCUT2D eigenvalue weighted by molar-refractivity contribution is 7.87. The van der Waals surface area contributed by atoms with E-state index >= 15 is 0 Å². The lowest BCUT2D eigenvalue weighted by Crippen LogP contribution is -2.64. The quantitative estimate of drug-likeness (QED) is 0.145. The van der Waals surface area contributed by atoms with Gasteiger partial charge in [-0.25, -0.2) is 4.79 Å². The number of rotatable bonds is 11. The molecule has 0 heterocycles. The summed E-state index contributed by atoms with van der Waals surface area (Å²) in [6.07, 6.45) is -8.58. The number of hydrogen-bond donors (Lipinski definition) is 1. The Bertz CT molecular complexity index is 849. The molecule has 1 N–H and O–H groups in total. The van der Waals surface area contributed by atoms with Crippen LogP contribution in [0, 0.1) is 0 Å². The highest BCUT2D eigenvalue weighted by Gasteiger charge is 2.69. The van der Waals surface area contributed by atoms with Crippen LogP contribution in [0.4, 0.5) is 35.1 Å². The van der Waals surface area contributed by atoms with Gasteiger partial charge in [-0.1, -0.05) is 6.58 Å². The van der Waals surface area contributed by atoms with Crippen molar-refractivity contribution in [1.82, 2.24) is 4.90 Å². The molecule has 1 amide bonds. The largest absolute Gasteiger partial charge is 0.466 e. The maximum absolute atomic E-state index is 13.9. The van der Waals surface area contributed by atoms with Gasteiger partial charge in [0.05, 0.1) is 6.61 Å². The molecule has 0 aromatic carbocycles. The number of halogens is 8. The van der Waals surface area contributed by atoms with Crippen LogP contribution in [0.3, 0.4) is 0 Å². The molecule has 0 aromatic heterocycles. The van der Waals surface area contributed by atoms with Gasteiger partial charge >= 0.3 is 45.1 Å². The summed E-state index contributed by atoms with van der Waals surface area (Å²) in [5.74, 6) is -17.4. The molecular formula is C16H21F8NO7S. The first-order valence-corrected chi connectivity index (χ1v) is 10.2. The van der Waals surface area contributed by atoms with Gasteiger partial charge in [0.25, 0.3) is 0 Å². The maximum Gasteiger partial charge on any atom is 0.466 e. The molecule has 0 aliphatic rings. The molecule has 0 aliphatic heterocycles. The Morgan fingerprint density at radius 2 is 1.42 bits per heavy atom. The molecule has 0 saturated heterocycles. The second-order valence-electron chi connectivity index (χ2n) is 7.10. The average molecular weight is 523 g/mol. The van der Waals surface area contributed by atoms with Gasteiger partial charge in [0.2, 0.25) is 5.83 Å². The van der Waals surface area contributed by atoms with Gasteiger partial charge in [-0.3, -0.25) is 9.35 Å². The average Bonchev–Trinajstić information content (AvgIpc) is 2.57. The fourth-order valence-corrected chi connectivity index (χ4v) is 2.95. The lowest BCUT2D eigenvalue weighted by molar-refractivity contribution is -0.354. The lowest BCUT2D eigenvalue weighted by atomic mass is 10.1. The number of carbonyl (C=O) groups is 2. The summed E-state index contributed by atoms with van der Waals surface area (Å²) in [5.41, 5.74) is 0. The van der Waals surface area contributed by atoms with E-state index in [1.165, 1.54) is 27.7 Å². The van der Waals surface area contributed by atoms with Gasteiger partial charge in [0.15, 0.2) is 0 Å². The van der Waals surface area contributed by atoms with Crippen molar-refractivity contribution >= 4 is 22.0 Å². The van der Waals surface area contributed by atoms with Gasteiger partial charge < -0.3 is 14.4 Å². The first-order valence-electron chi connectivity index (χ1n) is 8.80. The number of ether oxygens (including phenoxy) is 2. The Morgan fingerprint density at radius 1 is 1.00 bits per heavy atom. The summed E-state index contributed by atoms with van der Waals surface area (Å²) in [6.45, 7) is 5.02. The number of hydrogen-bond acceptors (Lipinski definition) is 6. The van der Waals surface area contributed by atoms with Crippen molar-refractivity contribution in [1.29, 1.82) is 0 Å². The second kappa shape index (κ2) is 10.1. The Kier molecular flexibility index (Phi) is 9.47. The van der Waals surface area contributed by atoms with Gasteiger partial charge in [0, 0.05) is 18.5 Å². The monoisotopic (exact) mass is 523 g/mol. The molecule has 0 aromatic rings. The molecule has 0 radical (unpaired) electrons. The van der Waals surface area contributed by atoms with E-state index in [2.05, 4.69) is 16.1 Å². The molecule has 0 rings (SSSR count). The fourth-order valence-electron chi connectivity index (χ4n) is 2.47. The zero-order valence-corrected chi connectivity index (χ0v) is 18.4. The topological polar surface area (TPSA) is 110 Å². The molecule has 1 atom stereocenters. The summed E-state index contributed by atoms with van der Waals surface area (Å²) in [6, 6.07) is -2.11. The van der Waals surface area contributed by atoms with Crippen LogP contribution in [0.1, 0.15) is 34.1 Å². The molecular weight excluding hydrogens is 502 g/mol. The molecule has 17 heteroatoms. The predicted molar refractivity (Wildman–Crippen MR) is 94.3 cm³/mol. The number of esters is 1. The zero-order valence-electron chi connectivity index (χ0n) is 17.6. The van der Waals surface area contributed by atoms with Gasteiger partial charge in [0.1, 0.15) is 0 Å². The minimum atomic E-state index is -6.72. The Balaban J connectivity index is 6.46. The SMILES string of the molecule is C=C(F)C(=O)OC(OCCC(F)(F)C(F)(F)S(=O)(=O)O)(C(=O)N(C(C)C)C(C)C)C(F)(F)F. The number of alkyl halides is 7.